The third kappa shape index (κ3) is 3.79. The quantitative estimate of drug-likeness (QED) is 0.647. The van der Waals surface area contributed by atoms with Crippen molar-refractivity contribution in [1.29, 1.82) is 0 Å². The van der Waals surface area contributed by atoms with Gasteiger partial charge in [-0.1, -0.05) is 36.0 Å². The van der Waals surface area contributed by atoms with E-state index in [1.165, 1.54) is 11.3 Å². The first kappa shape index (κ1) is 15.7. The summed E-state index contributed by atoms with van der Waals surface area (Å²) in [6, 6.07) is 12.2. The summed E-state index contributed by atoms with van der Waals surface area (Å²) in [6.45, 7) is 0. The lowest BCUT2D eigenvalue weighted by Gasteiger charge is -2.16. The Bertz CT molecular complexity index is 773. The molecule has 1 aromatic carbocycles. The summed E-state index contributed by atoms with van der Waals surface area (Å²) in [5.74, 6) is -0.336. The Labute approximate surface area is 146 Å². The second-order valence-electron chi connectivity index (χ2n) is 4.46. The lowest BCUT2D eigenvalue weighted by atomic mass is 10.3. The Morgan fingerprint density at radius 3 is 2.65 bits per heavy atom. The highest BCUT2D eigenvalue weighted by Gasteiger charge is 2.33. The molecule has 1 aromatic heterocycles. The van der Waals surface area contributed by atoms with Crippen molar-refractivity contribution >= 4 is 63.3 Å². The number of amides is 3. The fraction of sp³-hybridized carbons (Fsp3) is 0. The molecule has 2 N–H and O–H groups in total. The molecule has 3 rings (SSSR count). The van der Waals surface area contributed by atoms with Crippen molar-refractivity contribution in [2.75, 3.05) is 5.32 Å². The van der Waals surface area contributed by atoms with E-state index in [4.69, 9.17) is 12.2 Å². The molecule has 1 saturated heterocycles. The molecule has 1 aliphatic rings. The molecule has 23 heavy (non-hydrogen) atoms. The Hall–Kier alpha value is -2.16. The first-order valence-electron chi connectivity index (χ1n) is 6.57. The Balaban J connectivity index is 1.67. The van der Waals surface area contributed by atoms with Gasteiger partial charge < -0.3 is 5.32 Å². The number of thioether (sulfide) groups is 1. The van der Waals surface area contributed by atoms with Gasteiger partial charge in [0.05, 0.1) is 4.91 Å². The third-order valence-corrected chi connectivity index (χ3v) is 4.98. The number of thiophene rings is 1. The zero-order valence-corrected chi connectivity index (χ0v) is 14.1. The van der Waals surface area contributed by atoms with E-state index < -0.39 is 6.03 Å². The lowest BCUT2D eigenvalue weighted by Crippen LogP contribution is -2.46. The maximum atomic E-state index is 12.3. The van der Waals surface area contributed by atoms with Crippen LogP contribution in [-0.4, -0.2) is 21.3 Å². The number of urea groups is 1. The van der Waals surface area contributed by atoms with Gasteiger partial charge in [-0.15, -0.1) is 11.3 Å². The molecule has 1 aliphatic heterocycles. The van der Waals surface area contributed by atoms with Gasteiger partial charge in [0.15, 0.2) is 4.32 Å². The monoisotopic (exact) mass is 361 g/mol. The average molecular weight is 361 g/mol. The van der Waals surface area contributed by atoms with Crippen LogP contribution in [0, 0.1) is 0 Å². The van der Waals surface area contributed by atoms with E-state index in [9.17, 15) is 9.59 Å². The molecule has 0 atom stereocenters. The number of carbonyl (C=O) groups is 2. The number of benzene rings is 1. The molecule has 2 aromatic rings. The zero-order chi connectivity index (χ0) is 16.2. The first-order valence-corrected chi connectivity index (χ1v) is 8.68. The first-order chi connectivity index (χ1) is 11.1. The van der Waals surface area contributed by atoms with Gasteiger partial charge in [0.2, 0.25) is 0 Å². The minimum absolute atomic E-state index is 0.293. The predicted molar refractivity (Wildman–Crippen MR) is 97.9 cm³/mol. The Morgan fingerprint density at radius 2 is 1.96 bits per heavy atom. The van der Waals surface area contributed by atoms with Crippen molar-refractivity contribution in [2.45, 2.75) is 0 Å². The van der Waals surface area contributed by atoms with Gasteiger partial charge in [-0.05, 0) is 41.9 Å². The number of carbonyl (C=O) groups excluding carboxylic acids is 2. The number of hydrazine groups is 1. The maximum Gasteiger partial charge on any atom is 0.338 e. The molecule has 5 nitrogen and oxygen atoms in total. The molecule has 0 spiro atoms. The molecule has 0 saturated carbocycles. The largest absolute Gasteiger partial charge is 0.338 e. The number of para-hydroxylation sites is 1. The van der Waals surface area contributed by atoms with E-state index in [1.807, 2.05) is 23.6 Å². The van der Waals surface area contributed by atoms with Crippen LogP contribution in [0.5, 0.6) is 0 Å². The number of hydrogen-bond donors (Lipinski definition) is 2. The number of anilines is 1. The van der Waals surface area contributed by atoms with Gasteiger partial charge in [0.1, 0.15) is 0 Å². The van der Waals surface area contributed by atoms with Crippen LogP contribution >= 0.6 is 35.3 Å². The molecule has 2 heterocycles. The smallest absolute Gasteiger partial charge is 0.307 e. The second-order valence-corrected chi connectivity index (χ2v) is 7.12. The molecule has 3 amide bonds. The van der Waals surface area contributed by atoms with Gasteiger partial charge >= 0.3 is 6.03 Å². The maximum absolute atomic E-state index is 12.3. The predicted octanol–water partition coefficient (Wildman–Crippen LogP) is 3.69. The Kier molecular flexibility index (Phi) is 4.75. The van der Waals surface area contributed by atoms with Crippen LogP contribution < -0.4 is 10.7 Å². The van der Waals surface area contributed by atoms with E-state index in [1.54, 1.807) is 30.3 Å². The molecular weight excluding hydrogens is 350 g/mol. The van der Waals surface area contributed by atoms with Crippen LogP contribution in [-0.2, 0) is 4.79 Å². The fourth-order valence-electron chi connectivity index (χ4n) is 1.85. The molecule has 8 heteroatoms. The molecule has 116 valence electrons. The molecule has 0 unspecified atom stereocenters. The van der Waals surface area contributed by atoms with Gasteiger partial charge in [-0.25, -0.2) is 10.2 Å². The number of nitrogens with one attached hydrogen (secondary N) is 2. The second kappa shape index (κ2) is 6.95. The molecule has 0 bridgehead atoms. The van der Waals surface area contributed by atoms with Crippen molar-refractivity contribution in [1.82, 2.24) is 10.4 Å². The third-order valence-electron chi connectivity index (χ3n) is 2.86. The van der Waals surface area contributed by atoms with E-state index in [2.05, 4.69) is 10.7 Å². The van der Waals surface area contributed by atoms with Crippen molar-refractivity contribution < 1.29 is 9.59 Å². The minimum Gasteiger partial charge on any atom is -0.307 e. The molecular formula is C15H11N3O2S3. The van der Waals surface area contributed by atoms with Crippen LogP contribution in [0.4, 0.5) is 10.5 Å². The number of rotatable bonds is 3. The molecule has 1 fully saturated rings. The highest BCUT2D eigenvalue weighted by atomic mass is 32.2. The summed E-state index contributed by atoms with van der Waals surface area (Å²) in [6.07, 6.45) is 1.76. The van der Waals surface area contributed by atoms with Gasteiger partial charge in [-0.3, -0.25) is 4.79 Å². The summed E-state index contributed by atoms with van der Waals surface area (Å²) >= 11 is 7.85. The van der Waals surface area contributed by atoms with E-state index in [-0.39, 0.29) is 5.91 Å². The normalized spacial score (nSPS) is 16.0. The summed E-state index contributed by atoms with van der Waals surface area (Å²) < 4.78 is 0.293. The van der Waals surface area contributed by atoms with Crippen LogP contribution in [0.15, 0.2) is 52.7 Å². The molecule has 0 radical (unpaired) electrons. The van der Waals surface area contributed by atoms with Crippen molar-refractivity contribution in [2.24, 2.45) is 0 Å². The number of hydrogen-bond acceptors (Lipinski definition) is 5. The average Bonchev–Trinajstić information content (AvgIpc) is 3.13. The summed E-state index contributed by atoms with van der Waals surface area (Å²) in [5.41, 5.74) is 3.10. The summed E-state index contributed by atoms with van der Waals surface area (Å²) in [4.78, 5) is 25.8. The van der Waals surface area contributed by atoms with Gasteiger partial charge in [0, 0.05) is 10.6 Å². The van der Waals surface area contributed by atoms with Crippen LogP contribution in [0.25, 0.3) is 6.08 Å². The van der Waals surface area contributed by atoms with Gasteiger partial charge in [-0.2, -0.15) is 5.01 Å². The molecule has 0 aliphatic carbocycles. The summed E-state index contributed by atoms with van der Waals surface area (Å²) in [5, 5.41) is 5.65. The lowest BCUT2D eigenvalue weighted by molar-refractivity contribution is -0.123. The fourth-order valence-corrected chi connectivity index (χ4v) is 3.75. The number of thiocarbonyl (C=S) groups is 1. The van der Waals surface area contributed by atoms with Crippen molar-refractivity contribution in [3.05, 3.63) is 57.6 Å². The number of nitrogens with zero attached hydrogens (tertiary/aromatic N) is 1. The Morgan fingerprint density at radius 1 is 1.17 bits per heavy atom. The standard InChI is InChI=1S/C15H11N3O2S3/c19-13-12(9-11-7-4-8-22-11)23-15(21)18(13)17-14(20)16-10-5-2-1-3-6-10/h1-9H,(H2,16,17,20)/b12-9+. The highest BCUT2D eigenvalue weighted by molar-refractivity contribution is 8.26. The van der Waals surface area contributed by atoms with E-state index in [0.717, 1.165) is 21.6 Å². The topological polar surface area (TPSA) is 61.4 Å². The highest BCUT2D eigenvalue weighted by Crippen LogP contribution is 2.32. The van der Waals surface area contributed by atoms with Crippen molar-refractivity contribution in [3.8, 4) is 0 Å². The van der Waals surface area contributed by atoms with E-state index >= 15 is 0 Å². The van der Waals surface area contributed by atoms with Crippen LogP contribution in [0.1, 0.15) is 4.88 Å². The summed E-state index contributed by atoms with van der Waals surface area (Å²) in [7, 11) is 0. The van der Waals surface area contributed by atoms with Gasteiger partial charge in [0.25, 0.3) is 5.91 Å². The SMILES string of the molecule is O=C(Nc1ccccc1)NN1C(=O)/C(=C\c2cccs2)SC1=S. The zero-order valence-electron chi connectivity index (χ0n) is 11.7. The van der Waals surface area contributed by atoms with E-state index in [0.29, 0.717) is 14.9 Å². The minimum atomic E-state index is -0.523. The van der Waals surface area contributed by atoms with Crippen LogP contribution in [0.3, 0.4) is 0 Å². The van der Waals surface area contributed by atoms with Crippen molar-refractivity contribution in [3.63, 3.8) is 0 Å². The van der Waals surface area contributed by atoms with Crippen LogP contribution in [0.2, 0.25) is 0 Å².